The largest absolute Gasteiger partial charge is 0.369 e. The van der Waals surface area contributed by atoms with Crippen LogP contribution in [0.15, 0.2) is 0 Å². The Morgan fingerprint density at radius 3 is 2.40 bits per heavy atom. The van der Waals surface area contributed by atoms with Crippen molar-refractivity contribution < 1.29 is 9.59 Å². The van der Waals surface area contributed by atoms with Crippen molar-refractivity contribution in [1.82, 2.24) is 10.2 Å². The number of hydrogen-bond donors (Lipinski definition) is 2. The molecule has 0 saturated carbocycles. The minimum absolute atomic E-state index is 0.119. The van der Waals surface area contributed by atoms with Crippen molar-refractivity contribution in [2.24, 2.45) is 11.7 Å². The van der Waals surface area contributed by atoms with E-state index in [4.69, 9.17) is 5.73 Å². The van der Waals surface area contributed by atoms with Gasteiger partial charge in [0.15, 0.2) is 0 Å². The van der Waals surface area contributed by atoms with Gasteiger partial charge in [-0.3, -0.25) is 4.79 Å². The van der Waals surface area contributed by atoms with E-state index >= 15 is 0 Å². The normalized spacial score (nSPS) is 21.5. The van der Waals surface area contributed by atoms with Crippen LogP contribution >= 0.6 is 0 Å². The van der Waals surface area contributed by atoms with Gasteiger partial charge in [-0.2, -0.15) is 0 Å². The van der Waals surface area contributed by atoms with E-state index in [1.807, 2.05) is 20.8 Å². The summed E-state index contributed by atoms with van der Waals surface area (Å²) in [5, 5.41) is 2.86. The van der Waals surface area contributed by atoms with E-state index < -0.39 is 0 Å². The van der Waals surface area contributed by atoms with Crippen molar-refractivity contribution in [1.29, 1.82) is 0 Å². The highest BCUT2D eigenvalue weighted by molar-refractivity contribution is 5.80. The zero-order valence-electron chi connectivity index (χ0n) is 9.54. The topological polar surface area (TPSA) is 75.4 Å². The van der Waals surface area contributed by atoms with Crippen LogP contribution in [0.3, 0.4) is 0 Å². The lowest BCUT2D eigenvalue weighted by atomic mass is 10.1. The molecule has 0 bridgehead atoms. The highest BCUT2D eigenvalue weighted by atomic mass is 16.2. The molecule has 0 radical (unpaired) electrons. The summed E-state index contributed by atoms with van der Waals surface area (Å²) in [4.78, 5) is 24.3. The van der Waals surface area contributed by atoms with Crippen LogP contribution in [0.1, 0.15) is 27.2 Å². The second-order valence-corrected chi connectivity index (χ2v) is 5.01. The maximum atomic E-state index is 11.7. The molecule has 1 fully saturated rings. The molecule has 1 unspecified atom stereocenters. The number of hydrogen-bond acceptors (Lipinski definition) is 2. The SMILES string of the molecule is CC(C)(C)NC(=O)N1CCC(C(N)=O)C1. The van der Waals surface area contributed by atoms with Crippen LogP contribution in [0.2, 0.25) is 0 Å². The minimum atomic E-state index is -0.318. The summed E-state index contributed by atoms with van der Waals surface area (Å²) in [7, 11) is 0. The van der Waals surface area contributed by atoms with Crippen LogP contribution < -0.4 is 11.1 Å². The number of nitrogens with zero attached hydrogens (tertiary/aromatic N) is 1. The van der Waals surface area contributed by atoms with Crippen LogP contribution in [0.4, 0.5) is 4.79 Å². The lowest BCUT2D eigenvalue weighted by Gasteiger charge is -2.25. The molecule has 0 spiro atoms. The first-order valence-electron chi connectivity index (χ1n) is 5.16. The average molecular weight is 213 g/mol. The van der Waals surface area contributed by atoms with Gasteiger partial charge in [0.1, 0.15) is 0 Å². The number of nitrogens with one attached hydrogen (secondary N) is 1. The number of likely N-dealkylation sites (tertiary alicyclic amines) is 1. The molecule has 0 aromatic carbocycles. The number of carbonyl (C=O) groups is 2. The zero-order chi connectivity index (χ0) is 11.6. The van der Waals surface area contributed by atoms with Crippen molar-refractivity contribution in [3.8, 4) is 0 Å². The molecule has 1 aliphatic rings. The average Bonchev–Trinajstić information content (AvgIpc) is 2.47. The zero-order valence-corrected chi connectivity index (χ0v) is 9.54. The van der Waals surface area contributed by atoms with Crippen molar-refractivity contribution >= 4 is 11.9 Å². The van der Waals surface area contributed by atoms with E-state index in [-0.39, 0.29) is 23.4 Å². The Hall–Kier alpha value is -1.26. The molecule has 1 heterocycles. The Kier molecular flexibility index (Phi) is 3.21. The van der Waals surface area contributed by atoms with E-state index in [1.165, 1.54) is 0 Å². The predicted molar refractivity (Wildman–Crippen MR) is 57.2 cm³/mol. The molecular formula is C10H19N3O2. The Balaban J connectivity index is 2.47. The fourth-order valence-corrected chi connectivity index (χ4v) is 1.58. The first kappa shape index (κ1) is 11.8. The predicted octanol–water partition coefficient (Wildman–Crippen LogP) is 0.302. The molecule has 1 rings (SSSR count). The maximum Gasteiger partial charge on any atom is 0.317 e. The molecule has 86 valence electrons. The lowest BCUT2D eigenvalue weighted by Crippen LogP contribution is -2.48. The van der Waals surface area contributed by atoms with Gasteiger partial charge in [-0.05, 0) is 27.2 Å². The highest BCUT2D eigenvalue weighted by Crippen LogP contribution is 2.16. The van der Waals surface area contributed by atoms with Crippen LogP contribution in [-0.2, 0) is 4.79 Å². The molecule has 1 saturated heterocycles. The summed E-state index contributed by atoms with van der Waals surface area (Å²) in [6, 6.07) is -0.119. The van der Waals surface area contributed by atoms with E-state index in [9.17, 15) is 9.59 Å². The van der Waals surface area contributed by atoms with Gasteiger partial charge in [0, 0.05) is 18.6 Å². The van der Waals surface area contributed by atoms with Crippen molar-refractivity contribution in [3.05, 3.63) is 0 Å². The number of primary amides is 1. The summed E-state index contributed by atoms with van der Waals surface area (Å²) in [6.07, 6.45) is 0.674. The Labute approximate surface area is 90.0 Å². The molecule has 3 N–H and O–H groups in total. The minimum Gasteiger partial charge on any atom is -0.369 e. The molecule has 0 aliphatic carbocycles. The second kappa shape index (κ2) is 4.08. The van der Waals surface area contributed by atoms with Gasteiger partial charge in [-0.25, -0.2) is 4.79 Å². The molecule has 1 aliphatic heterocycles. The summed E-state index contributed by atoms with van der Waals surface area (Å²) < 4.78 is 0. The summed E-state index contributed by atoms with van der Waals surface area (Å²) in [5.41, 5.74) is 4.94. The molecule has 0 aromatic rings. The van der Waals surface area contributed by atoms with E-state index in [0.29, 0.717) is 19.5 Å². The van der Waals surface area contributed by atoms with Crippen molar-refractivity contribution in [2.45, 2.75) is 32.7 Å². The summed E-state index contributed by atoms with van der Waals surface area (Å²) in [6.45, 7) is 6.82. The number of nitrogens with two attached hydrogens (primary N) is 1. The van der Waals surface area contributed by atoms with E-state index in [2.05, 4.69) is 5.32 Å². The quantitative estimate of drug-likeness (QED) is 0.657. The van der Waals surface area contributed by atoms with Gasteiger partial charge in [0.05, 0.1) is 5.92 Å². The smallest absolute Gasteiger partial charge is 0.317 e. The van der Waals surface area contributed by atoms with E-state index in [0.717, 1.165) is 0 Å². The third-order valence-corrected chi connectivity index (χ3v) is 2.36. The van der Waals surface area contributed by atoms with E-state index in [1.54, 1.807) is 4.90 Å². The van der Waals surface area contributed by atoms with Gasteiger partial charge in [-0.1, -0.05) is 0 Å². The molecule has 3 amide bonds. The summed E-state index contributed by atoms with van der Waals surface area (Å²) in [5.74, 6) is -0.503. The molecule has 15 heavy (non-hydrogen) atoms. The van der Waals surface area contributed by atoms with Gasteiger partial charge in [0.2, 0.25) is 5.91 Å². The fourth-order valence-electron chi connectivity index (χ4n) is 1.58. The third kappa shape index (κ3) is 3.42. The number of carbonyl (C=O) groups excluding carboxylic acids is 2. The summed E-state index contributed by atoms with van der Waals surface area (Å²) >= 11 is 0. The Bertz CT molecular complexity index is 270. The number of rotatable bonds is 1. The number of amides is 3. The van der Waals surface area contributed by atoms with Crippen molar-refractivity contribution in [3.63, 3.8) is 0 Å². The Morgan fingerprint density at radius 1 is 1.40 bits per heavy atom. The maximum absolute atomic E-state index is 11.7. The molecule has 5 heteroatoms. The first-order chi connectivity index (χ1) is 6.79. The van der Waals surface area contributed by atoms with Gasteiger partial charge < -0.3 is 16.0 Å². The fraction of sp³-hybridized carbons (Fsp3) is 0.800. The molecular weight excluding hydrogens is 194 g/mol. The third-order valence-electron chi connectivity index (χ3n) is 2.36. The van der Waals surface area contributed by atoms with Gasteiger partial charge in [-0.15, -0.1) is 0 Å². The van der Waals surface area contributed by atoms with Crippen LogP contribution in [0, 0.1) is 5.92 Å². The lowest BCUT2D eigenvalue weighted by molar-refractivity contribution is -0.121. The standard InChI is InChI=1S/C10H19N3O2/c1-10(2,3)12-9(15)13-5-4-7(6-13)8(11)14/h7H,4-6H2,1-3H3,(H2,11,14)(H,12,15). The monoisotopic (exact) mass is 213 g/mol. The molecule has 1 atom stereocenters. The van der Waals surface area contributed by atoms with Crippen LogP contribution in [-0.4, -0.2) is 35.5 Å². The highest BCUT2D eigenvalue weighted by Gasteiger charge is 2.30. The van der Waals surface area contributed by atoms with Crippen LogP contribution in [0.25, 0.3) is 0 Å². The van der Waals surface area contributed by atoms with Gasteiger partial charge >= 0.3 is 6.03 Å². The Morgan fingerprint density at radius 2 is 2.00 bits per heavy atom. The number of urea groups is 1. The molecule has 5 nitrogen and oxygen atoms in total. The molecule has 0 aromatic heterocycles. The second-order valence-electron chi connectivity index (χ2n) is 5.01. The first-order valence-corrected chi connectivity index (χ1v) is 5.16. The van der Waals surface area contributed by atoms with Gasteiger partial charge in [0.25, 0.3) is 0 Å². The van der Waals surface area contributed by atoms with Crippen LogP contribution in [0.5, 0.6) is 0 Å². The van der Waals surface area contributed by atoms with Crippen molar-refractivity contribution in [2.75, 3.05) is 13.1 Å².